The molecule has 0 amide bonds. The average Bonchev–Trinajstić information content (AvgIpc) is 2.64. The normalized spacial score (nSPS) is 15.9. The third kappa shape index (κ3) is 2.33. The topological polar surface area (TPSA) is 35.5 Å². The second-order valence-corrected chi connectivity index (χ2v) is 3.89. The molecular weight excluding hydrogens is 216 g/mol. The van der Waals surface area contributed by atoms with Crippen LogP contribution in [0, 0.1) is 0 Å². The minimum Gasteiger partial charge on any atom is -0.494 e. The monoisotopic (exact) mass is 232 g/mol. The van der Waals surface area contributed by atoms with Gasteiger partial charge in [0.25, 0.3) is 0 Å². The molecule has 3 heteroatoms. The van der Waals surface area contributed by atoms with Gasteiger partial charge in [0.15, 0.2) is 0 Å². The molecule has 17 heavy (non-hydrogen) atoms. The van der Waals surface area contributed by atoms with Gasteiger partial charge < -0.3 is 9.47 Å². The number of rotatable bonds is 4. The Bertz CT molecular complexity index is 461. The molecule has 3 nitrogen and oxygen atoms in total. The zero-order valence-corrected chi connectivity index (χ0v) is 10.2. The van der Waals surface area contributed by atoms with E-state index in [4.69, 9.17) is 9.47 Å². The van der Waals surface area contributed by atoms with Crippen LogP contribution in [0.5, 0.6) is 5.75 Å². The zero-order valence-electron chi connectivity index (χ0n) is 10.2. The largest absolute Gasteiger partial charge is 0.494 e. The predicted molar refractivity (Wildman–Crippen MR) is 65.9 cm³/mol. The van der Waals surface area contributed by atoms with Gasteiger partial charge in [0, 0.05) is 5.56 Å². The number of cyclic esters (lactones) is 1. The first-order valence-corrected chi connectivity index (χ1v) is 5.95. The molecule has 1 aromatic carbocycles. The van der Waals surface area contributed by atoms with Crippen LogP contribution in [0.1, 0.15) is 42.6 Å². The van der Waals surface area contributed by atoms with E-state index in [1.165, 1.54) is 0 Å². The van der Waals surface area contributed by atoms with Crippen molar-refractivity contribution in [3.05, 3.63) is 35.4 Å². The van der Waals surface area contributed by atoms with Gasteiger partial charge in [-0.2, -0.15) is 0 Å². The number of allylic oxidation sites excluding steroid dienone is 1. The summed E-state index contributed by atoms with van der Waals surface area (Å²) >= 11 is 0. The maximum atomic E-state index is 11.6. The molecule has 0 N–H and O–H groups in total. The third-order valence-corrected chi connectivity index (χ3v) is 2.61. The van der Waals surface area contributed by atoms with E-state index in [0.717, 1.165) is 24.2 Å². The Balaban J connectivity index is 2.36. The molecule has 0 radical (unpaired) electrons. The summed E-state index contributed by atoms with van der Waals surface area (Å²) in [4.78, 5) is 11.6. The number of hydrogen-bond acceptors (Lipinski definition) is 3. The van der Waals surface area contributed by atoms with E-state index in [1.807, 2.05) is 19.1 Å². The predicted octanol–water partition coefficient (Wildman–Crippen LogP) is 3.40. The first kappa shape index (κ1) is 11.7. The highest BCUT2D eigenvalue weighted by molar-refractivity contribution is 6.03. The fourth-order valence-corrected chi connectivity index (χ4v) is 1.80. The maximum Gasteiger partial charge on any atom is 0.344 e. The van der Waals surface area contributed by atoms with Crippen molar-refractivity contribution in [3.8, 4) is 5.75 Å². The molecule has 0 saturated heterocycles. The van der Waals surface area contributed by atoms with Gasteiger partial charge >= 0.3 is 5.97 Å². The number of fused-ring (bicyclic) bond motifs is 1. The quantitative estimate of drug-likeness (QED) is 0.746. The van der Waals surface area contributed by atoms with Gasteiger partial charge in [-0.1, -0.05) is 13.3 Å². The van der Waals surface area contributed by atoms with Gasteiger partial charge in [0.2, 0.25) is 0 Å². The van der Waals surface area contributed by atoms with Crippen molar-refractivity contribution in [2.75, 3.05) is 6.61 Å². The summed E-state index contributed by atoms with van der Waals surface area (Å²) in [6.07, 6.45) is 3.89. The van der Waals surface area contributed by atoms with E-state index < -0.39 is 0 Å². The van der Waals surface area contributed by atoms with E-state index in [1.54, 1.807) is 12.1 Å². The van der Waals surface area contributed by atoms with Crippen molar-refractivity contribution in [2.24, 2.45) is 0 Å². The van der Waals surface area contributed by atoms with E-state index >= 15 is 0 Å². The number of carbonyl (C=O) groups is 1. The molecule has 90 valence electrons. The van der Waals surface area contributed by atoms with Crippen molar-refractivity contribution < 1.29 is 14.3 Å². The van der Waals surface area contributed by atoms with Crippen LogP contribution in [-0.2, 0) is 4.74 Å². The van der Waals surface area contributed by atoms with Crippen LogP contribution in [0.3, 0.4) is 0 Å². The van der Waals surface area contributed by atoms with Gasteiger partial charge in [-0.3, -0.25) is 0 Å². The Morgan fingerprint density at radius 1 is 1.29 bits per heavy atom. The van der Waals surface area contributed by atoms with Crippen LogP contribution in [0.4, 0.5) is 0 Å². The summed E-state index contributed by atoms with van der Waals surface area (Å²) in [7, 11) is 0. The summed E-state index contributed by atoms with van der Waals surface area (Å²) in [5, 5.41) is 0. The van der Waals surface area contributed by atoms with Crippen LogP contribution in [0.25, 0.3) is 5.76 Å². The molecule has 0 aliphatic carbocycles. The lowest BCUT2D eigenvalue weighted by molar-refractivity contribution is 0.0715. The van der Waals surface area contributed by atoms with Crippen molar-refractivity contribution in [1.29, 1.82) is 0 Å². The van der Waals surface area contributed by atoms with E-state index in [0.29, 0.717) is 17.9 Å². The van der Waals surface area contributed by atoms with Gasteiger partial charge in [-0.05, 0) is 37.6 Å². The third-order valence-electron chi connectivity index (χ3n) is 2.61. The van der Waals surface area contributed by atoms with Crippen LogP contribution < -0.4 is 4.74 Å². The summed E-state index contributed by atoms with van der Waals surface area (Å²) in [6, 6.07) is 5.42. The molecule has 1 aromatic rings. The fraction of sp³-hybridized carbons (Fsp3) is 0.357. The smallest absolute Gasteiger partial charge is 0.344 e. The molecule has 0 saturated carbocycles. The lowest BCUT2D eigenvalue weighted by Gasteiger charge is -2.04. The van der Waals surface area contributed by atoms with Gasteiger partial charge in [0.05, 0.1) is 12.2 Å². The molecule has 1 aliphatic rings. The lowest BCUT2D eigenvalue weighted by Crippen LogP contribution is -1.95. The van der Waals surface area contributed by atoms with Gasteiger partial charge in [-0.25, -0.2) is 4.79 Å². The molecule has 0 fully saturated rings. The molecule has 0 atom stereocenters. The molecule has 0 aromatic heterocycles. The van der Waals surface area contributed by atoms with E-state index in [-0.39, 0.29) is 5.97 Å². The standard InChI is InChI=1S/C14H16O3/c1-3-5-6-13-12-9-10(16-4-2)7-8-11(12)14(15)17-13/h6-9H,3-5H2,1-2H3/b13-6-. The van der Waals surface area contributed by atoms with Crippen molar-refractivity contribution in [1.82, 2.24) is 0 Å². The Hall–Kier alpha value is -1.77. The van der Waals surface area contributed by atoms with Crippen LogP contribution in [0.15, 0.2) is 24.3 Å². The average molecular weight is 232 g/mol. The summed E-state index contributed by atoms with van der Waals surface area (Å²) in [5.41, 5.74) is 1.46. The highest BCUT2D eigenvalue weighted by Gasteiger charge is 2.26. The molecule has 2 rings (SSSR count). The number of hydrogen-bond donors (Lipinski definition) is 0. The lowest BCUT2D eigenvalue weighted by atomic mass is 10.1. The van der Waals surface area contributed by atoms with Crippen LogP contribution >= 0.6 is 0 Å². The Labute approximate surface area is 101 Å². The number of unbranched alkanes of at least 4 members (excludes halogenated alkanes) is 1. The number of carbonyl (C=O) groups excluding carboxylic acids is 1. The first-order valence-electron chi connectivity index (χ1n) is 5.95. The minimum absolute atomic E-state index is 0.273. The molecular formula is C14H16O3. The summed E-state index contributed by atoms with van der Waals surface area (Å²) in [5.74, 6) is 1.16. The number of esters is 1. The van der Waals surface area contributed by atoms with Crippen molar-refractivity contribution in [2.45, 2.75) is 26.7 Å². The number of benzene rings is 1. The minimum atomic E-state index is -0.273. The van der Waals surface area contributed by atoms with Gasteiger partial charge in [0.1, 0.15) is 11.5 Å². The molecule has 1 heterocycles. The zero-order chi connectivity index (χ0) is 12.3. The fourth-order valence-electron chi connectivity index (χ4n) is 1.80. The highest BCUT2D eigenvalue weighted by Crippen LogP contribution is 2.32. The highest BCUT2D eigenvalue weighted by atomic mass is 16.5. The molecule has 1 aliphatic heterocycles. The molecule has 0 unspecified atom stereocenters. The Morgan fingerprint density at radius 3 is 2.82 bits per heavy atom. The van der Waals surface area contributed by atoms with Crippen molar-refractivity contribution >= 4 is 11.7 Å². The number of ether oxygens (including phenoxy) is 2. The van der Waals surface area contributed by atoms with Gasteiger partial charge in [-0.15, -0.1) is 0 Å². The van der Waals surface area contributed by atoms with Crippen LogP contribution in [0.2, 0.25) is 0 Å². The SMILES string of the molecule is CCC/C=C1\OC(=O)c2ccc(OCC)cc21. The van der Waals surface area contributed by atoms with Crippen LogP contribution in [-0.4, -0.2) is 12.6 Å². The Kier molecular flexibility index (Phi) is 3.47. The van der Waals surface area contributed by atoms with Crippen molar-refractivity contribution in [3.63, 3.8) is 0 Å². The second-order valence-electron chi connectivity index (χ2n) is 3.89. The van der Waals surface area contributed by atoms with E-state index in [2.05, 4.69) is 6.92 Å². The first-order chi connectivity index (χ1) is 8.26. The Morgan fingerprint density at radius 2 is 2.12 bits per heavy atom. The van der Waals surface area contributed by atoms with E-state index in [9.17, 15) is 4.79 Å². The second kappa shape index (κ2) is 5.04. The summed E-state index contributed by atoms with van der Waals surface area (Å²) < 4.78 is 10.7. The summed E-state index contributed by atoms with van der Waals surface area (Å²) in [6.45, 7) is 4.63. The maximum absolute atomic E-state index is 11.6. The molecule has 0 spiro atoms. The molecule has 0 bridgehead atoms.